The second kappa shape index (κ2) is 7.52. The van der Waals surface area contributed by atoms with Crippen LogP contribution in [0.5, 0.6) is 0 Å². The van der Waals surface area contributed by atoms with E-state index in [2.05, 4.69) is 0 Å². The van der Waals surface area contributed by atoms with Crippen molar-refractivity contribution in [3.8, 4) is 0 Å². The van der Waals surface area contributed by atoms with Gasteiger partial charge in [0.2, 0.25) is 0 Å². The second-order valence-corrected chi connectivity index (χ2v) is 8.39. The molecular weight excluding hydrogens is 384 g/mol. The van der Waals surface area contributed by atoms with Crippen LogP contribution in [0.15, 0.2) is 61.6 Å². The molecule has 0 spiro atoms. The maximum atomic E-state index is 13.0. The molecule has 0 aliphatic carbocycles. The molecule has 4 aromatic rings. The fourth-order valence-corrected chi connectivity index (χ4v) is 4.59. The lowest BCUT2D eigenvalue weighted by Gasteiger charge is -2.16. The van der Waals surface area contributed by atoms with Gasteiger partial charge >= 0.3 is 5.63 Å². The summed E-state index contributed by atoms with van der Waals surface area (Å²) in [6, 6.07) is 12.9. The van der Waals surface area contributed by atoms with Crippen LogP contribution in [0.3, 0.4) is 0 Å². The second-order valence-electron chi connectivity index (χ2n) is 7.44. The van der Waals surface area contributed by atoms with Crippen LogP contribution in [-0.2, 0) is 5.75 Å². The van der Waals surface area contributed by atoms with E-state index in [1.807, 2.05) is 58.0 Å². The van der Waals surface area contributed by atoms with Gasteiger partial charge in [-0.15, -0.1) is 0 Å². The van der Waals surface area contributed by atoms with Crippen molar-refractivity contribution in [2.24, 2.45) is 0 Å². The molecule has 2 aromatic heterocycles. The summed E-state index contributed by atoms with van der Waals surface area (Å²) in [5.74, 6) is 0.516. The number of fused-ring (bicyclic) bond motifs is 2. The zero-order valence-corrected chi connectivity index (χ0v) is 17.7. The molecule has 0 aliphatic heterocycles. The third kappa shape index (κ3) is 3.49. The Morgan fingerprint density at radius 1 is 1.07 bits per heavy atom. The minimum absolute atomic E-state index is 0.0235. The number of para-hydroxylation sites is 1. The van der Waals surface area contributed by atoms with Crippen molar-refractivity contribution in [3.63, 3.8) is 0 Å². The first kappa shape index (κ1) is 19.5. The van der Waals surface area contributed by atoms with Gasteiger partial charge < -0.3 is 4.42 Å². The highest BCUT2D eigenvalue weighted by molar-refractivity contribution is 7.98. The number of thioether (sulfide) groups is 1. The quantitative estimate of drug-likeness (QED) is 0.271. The molecular formula is C23H22N2O3S. The molecule has 6 heteroatoms. The molecule has 29 heavy (non-hydrogen) atoms. The SMILES string of the molecule is Cc1ccc2c(CSc3nc4ccccc4c(=O)n3C(C)C)cc(=O)oc2c1C. The zero-order chi connectivity index (χ0) is 20.7. The molecule has 0 saturated heterocycles. The average molecular weight is 407 g/mol. The van der Waals surface area contributed by atoms with Gasteiger partial charge in [0.15, 0.2) is 5.16 Å². The predicted molar refractivity (Wildman–Crippen MR) is 118 cm³/mol. The van der Waals surface area contributed by atoms with Gasteiger partial charge in [0.1, 0.15) is 5.58 Å². The van der Waals surface area contributed by atoms with E-state index in [9.17, 15) is 9.59 Å². The van der Waals surface area contributed by atoms with Gasteiger partial charge in [0, 0.05) is 23.2 Å². The Bertz CT molecular complexity index is 1350. The van der Waals surface area contributed by atoms with Crippen molar-refractivity contribution >= 4 is 33.6 Å². The normalized spacial score (nSPS) is 11.6. The summed E-state index contributed by atoms with van der Waals surface area (Å²) in [5.41, 5.74) is 3.82. The zero-order valence-electron chi connectivity index (χ0n) is 16.9. The van der Waals surface area contributed by atoms with Crippen LogP contribution < -0.4 is 11.2 Å². The smallest absolute Gasteiger partial charge is 0.336 e. The molecule has 2 heterocycles. The number of aryl methyl sites for hydroxylation is 2. The molecule has 5 nitrogen and oxygen atoms in total. The standard InChI is InChI=1S/C23H22N2O3S/c1-13(2)25-22(27)18-7-5-6-8-19(18)24-23(25)29-12-16-11-20(26)28-21-15(4)14(3)9-10-17(16)21/h5-11,13H,12H2,1-4H3. The summed E-state index contributed by atoms with van der Waals surface area (Å²) in [6.07, 6.45) is 0. The van der Waals surface area contributed by atoms with Crippen molar-refractivity contribution in [2.75, 3.05) is 0 Å². The van der Waals surface area contributed by atoms with Crippen LogP contribution in [0, 0.1) is 13.8 Å². The fourth-order valence-electron chi connectivity index (χ4n) is 3.47. The van der Waals surface area contributed by atoms with Crippen molar-refractivity contribution < 1.29 is 4.42 Å². The van der Waals surface area contributed by atoms with E-state index < -0.39 is 0 Å². The summed E-state index contributed by atoms with van der Waals surface area (Å²) < 4.78 is 7.19. The van der Waals surface area contributed by atoms with E-state index in [0.29, 0.717) is 27.4 Å². The van der Waals surface area contributed by atoms with Crippen LogP contribution in [0.2, 0.25) is 0 Å². The van der Waals surface area contributed by atoms with Gasteiger partial charge in [-0.25, -0.2) is 9.78 Å². The maximum absolute atomic E-state index is 13.0. The lowest BCUT2D eigenvalue weighted by Crippen LogP contribution is -2.25. The van der Waals surface area contributed by atoms with E-state index in [0.717, 1.165) is 22.1 Å². The number of nitrogens with zero attached hydrogens (tertiary/aromatic N) is 2. The minimum Gasteiger partial charge on any atom is -0.422 e. The molecule has 0 amide bonds. The molecule has 0 saturated carbocycles. The molecule has 0 aliphatic rings. The highest BCUT2D eigenvalue weighted by atomic mass is 32.2. The van der Waals surface area contributed by atoms with Crippen LogP contribution in [0.4, 0.5) is 0 Å². The molecule has 0 fully saturated rings. The minimum atomic E-state index is -0.366. The lowest BCUT2D eigenvalue weighted by molar-refractivity contribution is 0.519. The van der Waals surface area contributed by atoms with Crippen LogP contribution in [0.25, 0.3) is 21.9 Å². The third-order valence-corrected chi connectivity index (χ3v) is 6.17. The number of benzene rings is 2. The van der Waals surface area contributed by atoms with Crippen molar-refractivity contribution in [1.29, 1.82) is 0 Å². The number of rotatable bonds is 4. The predicted octanol–water partition coefficient (Wildman–Crippen LogP) is 4.99. The maximum Gasteiger partial charge on any atom is 0.336 e. The molecule has 0 bridgehead atoms. The molecule has 4 rings (SSSR count). The average Bonchev–Trinajstić information content (AvgIpc) is 2.69. The monoisotopic (exact) mass is 406 g/mol. The molecule has 0 N–H and O–H groups in total. The first-order valence-electron chi connectivity index (χ1n) is 9.54. The fraction of sp³-hybridized carbons (Fsp3) is 0.261. The summed E-state index contributed by atoms with van der Waals surface area (Å²) >= 11 is 1.46. The molecule has 0 unspecified atom stereocenters. The topological polar surface area (TPSA) is 65.1 Å². The van der Waals surface area contributed by atoms with Crippen molar-refractivity contribution in [2.45, 2.75) is 44.6 Å². The molecule has 0 atom stereocenters. The van der Waals surface area contributed by atoms with Gasteiger partial charge in [0.25, 0.3) is 5.56 Å². The molecule has 2 aromatic carbocycles. The third-order valence-electron chi connectivity index (χ3n) is 5.17. The Kier molecular flexibility index (Phi) is 5.04. The van der Waals surface area contributed by atoms with E-state index in [4.69, 9.17) is 9.40 Å². The number of hydrogen-bond acceptors (Lipinski definition) is 5. The van der Waals surface area contributed by atoms with E-state index in [1.165, 1.54) is 17.8 Å². The number of hydrogen-bond donors (Lipinski definition) is 0. The Morgan fingerprint density at radius 3 is 2.59 bits per heavy atom. The summed E-state index contributed by atoms with van der Waals surface area (Å²) in [5, 5.41) is 2.18. The van der Waals surface area contributed by atoms with E-state index in [-0.39, 0.29) is 17.2 Å². The van der Waals surface area contributed by atoms with Gasteiger partial charge in [-0.05, 0) is 56.5 Å². The Labute approximate surface area is 172 Å². The van der Waals surface area contributed by atoms with Crippen LogP contribution in [-0.4, -0.2) is 9.55 Å². The van der Waals surface area contributed by atoms with Crippen molar-refractivity contribution in [3.05, 3.63) is 79.9 Å². The highest BCUT2D eigenvalue weighted by Crippen LogP contribution is 2.29. The Morgan fingerprint density at radius 2 is 1.83 bits per heavy atom. The van der Waals surface area contributed by atoms with Gasteiger partial charge in [-0.3, -0.25) is 9.36 Å². The van der Waals surface area contributed by atoms with E-state index in [1.54, 1.807) is 10.6 Å². The molecule has 0 radical (unpaired) electrons. The highest BCUT2D eigenvalue weighted by Gasteiger charge is 2.16. The largest absolute Gasteiger partial charge is 0.422 e. The van der Waals surface area contributed by atoms with Gasteiger partial charge in [-0.2, -0.15) is 0 Å². The Hall–Kier alpha value is -2.86. The molecule has 148 valence electrons. The summed E-state index contributed by atoms with van der Waals surface area (Å²) in [6.45, 7) is 7.90. The van der Waals surface area contributed by atoms with Crippen molar-refractivity contribution in [1.82, 2.24) is 9.55 Å². The Balaban J connectivity index is 1.81. The number of aromatic nitrogens is 2. The van der Waals surface area contributed by atoms with E-state index >= 15 is 0 Å². The van der Waals surface area contributed by atoms with Gasteiger partial charge in [-0.1, -0.05) is 36.0 Å². The summed E-state index contributed by atoms with van der Waals surface area (Å²) in [7, 11) is 0. The summed E-state index contributed by atoms with van der Waals surface area (Å²) in [4.78, 5) is 29.9. The lowest BCUT2D eigenvalue weighted by atomic mass is 10.0. The first-order valence-corrected chi connectivity index (χ1v) is 10.5. The first-order chi connectivity index (χ1) is 13.9. The van der Waals surface area contributed by atoms with Crippen LogP contribution in [0.1, 0.15) is 36.6 Å². The van der Waals surface area contributed by atoms with Crippen LogP contribution >= 0.6 is 11.8 Å². The van der Waals surface area contributed by atoms with Gasteiger partial charge in [0.05, 0.1) is 10.9 Å².